The summed E-state index contributed by atoms with van der Waals surface area (Å²) < 4.78 is 10.1. The largest absolute Gasteiger partial charge is 0.497 e. The van der Waals surface area contributed by atoms with Gasteiger partial charge in [-0.05, 0) is 24.1 Å². The van der Waals surface area contributed by atoms with E-state index in [-0.39, 0.29) is 11.7 Å². The summed E-state index contributed by atoms with van der Waals surface area (Å²) >= 11 is 0. The second-order valence-electron chi connectivity index (χ2n) is 4.18. The van der Waals surface area contributed by atoms with Crippen molar-refractivity contribution in [2.24, 2.45) is 5.92 Å². The van der Waals surface area contributed by atoms with Crippen LogP contribution in [0, 0.1) is 5.92 Å². The molecule has 1 aromatic rings. The predicted molar refractivity (Wildman–Crippen MR) is 67.4 cm³/mol. The molecule has 0 amide bonds. The van der Waals surface area contributed by atoms with Crippen molar-refractivity contribution in [2.45, 2.75) is 19.8 Å². The summed E-state index contributed by atoms with van der Waals surface area (Å²) in [6, 6.07) is 7.63. The maximum atomic E-state index is 11.9. The fourth-order valence-corrected chi connectivity index (χ4v) is 1.61. The molecule has 0 saturated heterocycles. The van der Waals surface area contributed by atoms with E-state index < -0.39 is 0 Å². The van der Waals surface area contributed by atoms with Crippen LogP contribution in [0.25, 0.3) is 0 Å². The molecular weight excluding hydrogens is 216 g/mol. The highest BCUT2D eigenvalue weighted by Gasteiger charge is 2.13. The first-order valence-corrected chi connectivity index (χ1v) is 5.82. The van der Waals surface area contributed by atoms with E-state index in [9.17, 15) is 4.79 Å². The van der Waals surface area contributed by atoms with E-state index in [4.69, 9.17) is 9.47 Å². The van der Waals surface area contributed by atoms with Gasteiger partial charge in [0.15, 0.2) is 0 Å². The molecule has 0 spiro atoms. The summed E-state index contributed by atoms with van der Waals surface area (Å²) in [7, 11) is 3.28. The van der Waals surface area contributed by atoms with Crippen LogP contribution in [-0.4, -0.2) is 26.6 Å². The molecule has 0 aromatic heterocycles. The summed E-state index contributed by atoms with van der Waals surface area (Å²) in [6.45, 7) is 2.58. The zero-order valence-corrected chi connectivity index (χ0v) is 10.7. The lowest BCUT2D eigenvalue weighted by Gasteiger charge is -2.10. The molecule has 1 atom stereocenters. The van der Waals surface area contributed by atoms with Gasteiger partial charge in [-0.1, -0.05) is 19.1 Å². The Morgan fingerprint density at radius 1 is 1.35 bits per heavy atom. The van der Waals surface area contributed by atoms with Gasteiger partial charge in [0.2, 0.25) is 0 Å². The lowest BCUT2D eigenvalue weighted by atomic mass is 9.97. The second kappa shape index (κ2) is 7.07. The van der Waals surface area contributed by atoms with Crippen molar-refractivity contribution in [3.63, 3.8) is 0 Å². The van der Waals surface area contributed by atoms with Crippen molar-refractivity contribution in [3.8, 4) is 5.75 Å². The van der Waals surface area contributed by atoms with Crippen LogP contribution in [0.2, 0.25) is 0 Å². The molecule has 0 radical (unpaired) electrons. The number of benzene rings is 1. The topological polar surface area (TPSA) is 35.5 Å². The van der Waals surface area contributed by atoms with Crippen molar-refractivity contribution < 1.29 is 14.3 Å². The monoisotopic (exact) mass is 236 g/mol. The van der Waals surface area contributed by atoms with E-state index in [1.807, 2.05) is 31.2 Å². The fraction of sp³-hybridized carbons (Fsp3) is 0.500. The molecule has 0 fully saturated rings. The van der Waals surface area contributed by atoms with Gasteiger partial charge in [-0.3, -0.25) is 4.79 Å². The van der Waals surface area contributed by atoms with Crippen LogP contribution >= 0.6 is 0 Å². The molecule has 0 aliphatic heterocycles. The number of carbonyl (C=O) groups excluding carboxylic acids is 1. The number of ketones is 1. The first-order chi connectivity index (χ1) is 8.17. The zero-order chi connectivity index (χ0) is 12.7. The van der Waals surface area contributed by atoms with Crippen LogP contribution in [0.1, 0.15) is 18.9 Å². The Bertz CT molecular complexity index is 360. The van der Waals surface area contributed by atoms with Crippen molar-refractivity contribution in [2.75, 3.05) is 20.8 Å². The minimum Gasteiger partial charge on any atom is -0.497 e. The highest BCUT2D eigenvalue weighted by Crippen LogP contribution is 2.15. The van der Waals surface area contributed by atoms with Gasteiger partial charge in [0.1, 0.15) is 11.5 Å². The average molecular weight is 236 g/mol. The number of methoxy groups -OCH3 is 2. The van der Waals surface area contributed by atoms with E-state index in [1.54, 1.807) is 14.2 Å². The third-order valence-electron chi connectivity index (χ3n) is 2.82. The Balaban J connectivity index is 2.54. The lowest BCUT2D eigenvalue weighted by molar-refractivity contribution is -0.122. The molecule has 0 bridgehead atoms. The molecular formula is C14H20O3. The Kier molecular flexibility index (Phi) is 5.70. The summed E-state index contributed by atoms with van der Waals surface area (Å²) in [5.74, 6) is 1.08. The van der Waals surface area contributed by atoms with Gasteiger partial charge in [0.05, 0.1) is 7.11 Å². The molecule has 0 aliphatic carbocycles. The number of hydrogen-bond acceptors (Lipinski definition) is 3. The van der Waals surface area contributed by atoms with Crippen molar-refractivity contribution >= 4 is 5.78 Å². The van der Waals surface area contributed by atoms with Crippen LogP contribution in [0.15, 0.2) is 24.3 Å². The van der Waals surface area contributed by atoms with Gasteiger partial charge in [-0.25, -0.2) is 0 Å². The highest BCUT2D eigenvalue weighted by atomic mass is 16.5. The number of Topliss-reactive ketones (excluding diaryl/α,β-unsaturated/α-hetero) is 1. The Morgan fingerprint density at radius 2 is 2.12 bits per heavy atom. The van der Waals surface area contributed by atoms with Gasteiger partial charge in [-0.2, -0.15) is 0 Å². The molecule has 0 aliphatic rings. The molecule has 1 rings (SSSR count). The summed E-state index contributed by atoms with van der Waals surface area (Å²) in [5.41, 5.74) is 0.999. The Morgan fingerprint density at radius 3 is 2.76 bits per heavy atom. The standard InChI is InChI=1S/C14H20O3/c1-11(7-8-16-2)14(15)10-12-5-4-6-13(9-12)17-3/h4-6,9,11H,7-8,10H2,1-3H3. The molecule has 94 valence electrons. The number of carbonyl (C=O) groups is 1. The first kappa shape index (κ1) is 13.7. The van der Waals surface area contributed by atoms with Gasteiger partial charge in [0, 0.05) is 26.1 Å². The van der Waals surface area contributed by atoms with E-state index in [0.29, 0.717) is 13.0 Å². The quantitative estimate of drug-likeness (QED) is 0.729. The highest BCUT2D eigenvalue weighted by molar-refractivity contribution is 5.83. The minimum absolute atomic E-state index is 0.0427. The zero-order valence-electron chi connectivity index (χ0n) is 10.7. The maximum absolute atomic E-state index is 11.9. The molecule has 3 heteroatoms. The molecule has 0 heterocycles. The predicted octanol–water partition coefficient (Wildman–Crippen LogP) is 2.48. The van der Waals surface area contributed by atoms with Crippen LogP contribution in [0.5, 0.6) is 5.75 Å². The third-order valence-corrected chi connectivity index (χ3v) is 2.82. The second-order valence-corrected chi connectivity index (χ2v) is 4.18. The van der Waals surface area contributed by atoms with Crippen LogP contribution < -0.4 is 4.74 Å². The minimum atomic E-state index is 0.0427. The van der Waals surface area contributed by atoms with Crippen molar-refractivity contribution in [1.29, 1.82) is 0 Å². The van der Waals surface area contributed by atoms with E-state index in [0.717, 1.165) is 17.7 Å². The Hall–Kier alpha value is -1.35. The van der Waals surface area contributed by atoms with Crippen molar-refractivity contribution in [1.82, 2.24) is 0 Å². The smallest absolute Gasteiger partial charge is 0.140 e. The molecule has 1 unspecified atom stereocenters. The van der Waals surface area contributed by atoms with E-state index >= 15 is 0 Å². The van der Waals surface area contributed by atoms with Gasteiger partial charge >= 0.3 is 0 Å². The van der Waals surface area contributed by atoms with Gasteiger partial charge in [-0.15, -0.1) is 0 Å². The number of ether oxygens (including phenoxy) is 2. The molecule has 0 N–H and O–H groups in total. The average Bonchev–Trinajstić information content (AvgIpc) is 2.36. The summed E-state index contributed by atoms with van der Waals surface area (Å²) in [5, 5.41) is 0. The van der Waals surface area contributed by atoms with Crippen LogP contribution in [0.3, 0.4) is 0 Å². The molecule has 3 nitrogen and oxygen atoms in total. The van der Waals surface area contributed by atoms with Crippen molar-refractivity contribution in [3.05, 3.63) is 29.8 Å². The van der Waals surface area contributed by atoms with E-state index in [2.05, 4.69) is 0 Å². The fourth-order valence-electron chi connectivity index (χ4n) is 1.61. The number of hydrogen-bond donors (Lipinski definition) is 0. The third kappa shape index (κ3) is 4.57. The Labute approximate surface area is 103 Å². The molecule has 0 saturated carbocycles. The van der Waals surface area contributed by atoms with E-state index in [1.165, 1.54) is 0 Å². The first-order valence-electron chi connectivity index (χ1n) is 5.82. The summed E-state index contributed by atoms with van der Waals surface area (Å²) in [6.07, 6.45) is 1.24. The maximum Gasteiger partial charge on any atom is 0.140 e. The molecule has 17 heavy (non-hydrogen) atoms. The SMILES string of the molecule is COCCC(C)C(=O)Cc1cccc(OC)c1. The normalized spacial score (nSPS) is 12.2. The lowest BCUT2D eigenvalue weighted by Crippen LogP contribution is -2.15. The summed E-state index contributed by atoms with van der Waals surface area (Å²) in [4.78, 5) is 11.9. The van der Waals surface area contributed by atoms with Gasteiger partial charge < -0.3 is 9.47 Å². The molecule has 1 aromatic carbocycles. The number of rotatable bonds is 7. The van der Waals surface area contributed by atoms with Gasteiger partial charge in [0.25, 0.3) is 0 Å². The van der Waals surface area contributed by atoms with Crippen LogP contribution in [-0.2, 0) is 16.0 Å². The van der Waals surface area contributed by atoms with Crippen LogP contribution in [0.4, 0.5) is 0 Å².